The molecular formula is C53H33NO2. The molecule has 0 bridgehead atoms. The average Bonchev–Trinajstić information content (AvgIpc) is 3.79. The predicted octanol–water partition coefficient (Wildman–Crippen LogP) is 14.3. The van der Waals surface area contributed by atoms with E-state index < -0.39 is 5.41 Å². The lowest BCUT2D eigenvalue weighted by molar-refractivity contribution is 0.437. The van der Waals surface area contributed by atoms with Crippen molar-refractivity contribution < 1.29 is 9.15 Å². The molecule has 1 aliphatic carbocycles. The number of hydrogen-bond donors (Lipinski definition) is 0. The van der Waals surface area contributed by atoms with Gasteiger partial charge in [0.15, 0.2) is 0 Å². The van der Waals surface area contributed by atoms with Gasteiger partial charge in [0.05, 0.1) is 11.1 Å². The number of fused-ring (bicyclic) bond motifs is 13. The van der Waals surface area contributed by atoms with Crippen LogP contribution in [0.5, 0.6) is 11.5 Å². The maximum atomic E-state index is 6.79. The zero-order valence-corrected chi connectivity index (χ0v) is 30.3. The standard InChI is InChI=1S/C53H33NO2/c1-2-16-37(17-3-1)54(38-30-28-34(29-31-38)39-20-12-21-41-40-18-7-10-26-48(40)56-52(39)41)47-25-13-24-45-51(47)42-19-6-8-22-43(42)53(45)44-23-9-11-27-49(44)55-50-33-36-15-5-4-14-35(36)32-46(50)53/h1-33H. The number of nitrogens with zero attached hydrogens (tertiary/aromatic N) is 1. The molecule has 0 saturated heterocycles. The van der Waals surface area contributed by atoms with Crippen molar-refractivity contribution in [2.45, 2.75) is 5.41 Å². The van der Waals surface area contributed by atoms with Gasteiger partial charge in [-0.15, -0.1) is 0 Å². The first-order valence-corrected chi connectivity index (χ1v) is 19.2. The number of anilines is 3. The molecule has 1 aromatic heterocycles. The van der Waals surface area contributed by atoms with Crippen molar-refractivity contribution in [2.24, 2.45) is 0 Å². The highest BCUT2D eigenvalue weighted by Gasteiger charge is 2.52. The lowest BCUT2D eigenvalue weighted by Crippen LogP contribution is -2.32. The summed E-state index contributed by atoms with van der Waals surface area (Å²) >= 11 is 0. The number of furan rings is 1. The van der Waals surface area contributed by atoms with Gasteiger partial charge in [-0.2, -0.15) is 0 Å². The van der Waals surface area contributed by atoms with Crippen molar-refractivity contribution in [3.8, 4) is 33.8 Å². The summed E-state index contributed by atoms with van der Waals surface area (Å²) in [6.07, 6.45) is 0. The van der Waals surface area contributed by atoms with Crippen LogP contribution >= 0.6 is 0 Å². The van der Waals surface area contributed by atoms with Gasteiger partial charge in [0.1, 0.15) is 22.7 Å². The van der Waals surface area contributed by atoms with Crippen molar-refractivity contribution in [3.63, 3.8) is 0 Å². The lowest BCUT2D eigenvalue weighted by Gasteiger charge is -2.39. The fourth-order valence-electron chi connectivity index (χ4n) is 9.57. The Morgan fingerprint density at radius 3 is 1.93 bits per heavy atom. The number of ether oxygens (including phenoxy) is 1. The fourth-order valence-corrected chi connectivity index (χ4v) is 9.57. The minimum Gasteiger partial charge on any atom is -0.457 e. The molecule has 0 amide bonds. The van der Waals surface area contributed by atoms with Gasteiger partial charge in [0, 0.05) is 44.4 Å². The van der Waals surface area contributed by atoms with Gasteiger partial charge in [-0.25, -0.2) is 0 Å². The Hall–Kier alpha value is -7.36. The van der Waals surface area contributed by atoms with Gasteiger partial charge in [-0.05, 0) is 87.6 Å². The highest BCUT2D eigenvalue weighted by molar-refractivity contribution is 6.09. The third-order valence-electron chi connectivity index (χ3n) is 11.9. The second kappa shape index (κ2) is 11.8. The van der Waals surface area contributed by atoms with Crippen LogP contribution in [0.15, 0.2) is 205 Å². The molecule has 1 aliphatic heterocycles. The van der Waals surface area contributed by atoms with E-state index in [1.807, 2.05) is 12.1 Å². The van der Waals surface area contributed by atoms with E-state index in [0.717, 1.165) is 78.1 Å². The van der Waals surface area contributed by atoms with Crippen LogP contribution in [0.25, 0.3) is 55.0 Å². The summed E-state index contributed by atoms with van der Waals surface area (Å²) in [7, 11) is 0. The van der Waals surface area contributed by atoms with E-state index in [0.29, 0.717) is 0 Å². The van der Waals surface area contributed by atoms with Crippen LogP contribution in [0.1, 0.15) is 22.3 Å². The van der Waals surface area contributed by atoms with Crippen LogP contribution in [0.3, 0.4) is 0 Å². The minimum absolute atomic E-state index is 0.590. The van der Waals surface area contributed by atoms with Gasteiger partial charge in [0.2, 0.25) is 0 Å². The highest BCUT2D eigenvalue weighted by atomic mass is 16.5. The molecule has 0 radical (unpaired) electrons. The topological polar surface area (TPSA) is 25.6 Å². The van der Waals surface area contributed by atoms with Crippen LogP contribution in [0.2, 0.25) is 0 Å². The molecule has 1 unspecified atom stereocenters. The third-order valence-corrected chi connectivity index (χ3v) is 11.9. The molecule has 0 saturated carbocycles. The van der Waals surface area contributed by atoms with E-state index >= 15 is 0 Å². The maximum Gasteiger partial charge on any atom is 0.143 e. The Bertz CT molecular complexity index is 3180. The molecule has 10 aromatic rings. The largest absolute Gasteiger partial charge is 0.457 e. The molecule has 2 aliphatic rings. The van der Waals surface area contributed by atoms with E-state index in [2.05, 4.69) is 193 Å². The summed E-state index contributed by atoms with van der Waals surface area (Å²) < 4.78 is 13.2. The van der Waals surface area contributed by atoms with Gasteiger partial charge >= 0.3 is 0 Å². The molecule has 2 heterocycles. The molecule has 12 rings (SSSR count). The number of para-hydroxylation sites is 4. The van der Waals surface area contributed by atoms with Crippen LogP contribution in [0.4, 0.5) is 17.1 Å². The first-order chi connectivity index (χ1) is 27.8. The second-order valence-electron chi connectivity index (χ2n) is 14.8. The fraction of sp³-hybridized carbons (Fsp3) is 0.0189. The summed E-state index contributed by atoms with van der Waals surface area (Å²) in [4.78, 5) is 2.41. The van der Waals surface area contributed by atoms with E-state index in [9.17, 15) is 0 Å². The molecule has 3 nitrogen and oxygen atoms in total. The van der Waals surface area contributed by atoms with Gasteiger partial charge in [-0.3, -0.25) is 0 Å². The second-order valence-corrected chi connectivity index (χ2v) is 14.8. The van der Waals surface area contributed by atoms with Crippen LogP contribution < -0.4 is 9.64 Å². The van der Waals surface area contributed by atoms with E-state index in [1.165, 1.54) is 27.6 Å². The normalized spacial score (nSPS) is 15.0. The monoisotopic (exact) mass is 715 g/mol. The maximum absolute atomic E-state index is 6.79. The average molecular weight is 716 g/mol. The Morgan fingerprint density at radius 2 is 1.05 bits per heavy atom. The van der Waals surface area contributed by atoms with E-state index in [4.69, 9.17) is 9.15 Å². The number of hydrogen-bond acceptors (Lipinski definition) is 3. The van der Waals surface area contributed by atoms with Crippen LogP contribution in [0, 0.1) is 0 Å². The third kappa shape index (κ3) is 4.28. The Morgan fingerprint density at radius 1 is 0.411 bits per heavy atom. The Kier molecular flexibility index (Phi) is 6.55. The highest BCUT2D eigenvalue weighted by Crippen LogP contribution is 2.64. The zero-order valence-electron chi connectivity index (χ0n) is 30.3. The van der Waals surface area contributed by atoms with Gasteiger partial charge in [-0.1, -0.05) is 146 Å². The minimum atomic E-state index is -0.590. The van der Waals surface area contributed by atoms with Crippen molar-refractivity contribution in [1.29, 1.82) is 0 Å². The first kappa shape index (κ1) is 31.0. The summed E-state index contributed by atoms with van der Waals surface area (Å²) in [5.41, 5.74) is 14.0. The quantitative estimate of drug-likeness (QED) is 0.181. The van der Waals surface area contributed by atoms with E-state index in [-0.39, 0.29) is 0 Å². The number of benzene rings is 9. The Labute approximate surface area is 324 Å². The number of rotatable bonds is 4. The molecule has 56 heavy (non-hydrogen) atoms. The van der Waals surface area contributed by atoms with Crippen LogP contribution in [-0.4, -0.2) is 0 Å². The van der Waals surface area contributed by atoms with Crippen molar-refractivity contribution >= 4 is 49.8 Å². The molecule has 0 fully saturated rings. The molecule has 3 heteroatoms. The predicted molar refractivity (Wildman–Crippen MR) is 229 cm³/mol. The molecule has 262 valence electrons. The summed E-state index contributed by atoms with van der Waals surface area (Å²) in [5.74, 6) is 1.78. The smallest absolute Gasteiger partial charge is 0.143 e. The SMILES string of the molecule is c1ccc(N(c2ccc(-c3cccc4c3oc3ccccc34)cc2)c2cccc3c2-c2ccccc2C32c3ccccc3Oc3cc4ccccc4cc32)cc1. The summed E-state index contributed by atoms with van der Waals surface area (Å²) in [6, 6.07) is 71.9. The van der Waals surface area contributed by atoms with Crippen molar-refractivity contribution in [2.75, 3.05) is 4.90 Å². The van der Waals surface area contributed by atoms with E-state index in [1.54, 1.807) is 0 Å². The Balaban J connectivity index is 1.09. The van der Waals surface area contributed by atoms with Gasteiger partial charge < -0.3 is 14.1 Å². The van der Waals surface area contributed by atoms with Crippen molar-refractivity contribution in [3.05, 3.63) is 222 Å². The first-order valence-electron chi connectivity index (χ1n) is 19.2. The molecule has 9 aromatic carbocycles. The molecular weight excluding hydrogens is 683 g/mol. The summed E-state index contributed by atoms with van der Waals surface area (Å²) in [5, 5.41) is 4.62. The van der Waals surface area contributed by atoms with Crippen molar-refractivity contribution in [1.82, 2.24) is 0 Å². The summed E-state index contributed by atoms with van der Waals surface area (Å²) in [6.45, 7) is 0. The van der Waals surface area contributed by atoms with Gasteiger partial charge in [0.25, 0.3) is 0 Å². The molecule has 1 spiro atoms. The van der Waals surface area contributed by atoms with Crippen LogP contribution in [-0.2, 0) is 5.41 Å². The lowest BCUT2D eigenvalue weighted by atomic mass is 9.66. The molecule has 1 atom stereocenters. The molecule has 0 N–H and O–H groups in total. The zero-order chi connectivity index (χ0) is 36.8.